The Hall–Kier alpha value is -1.57. The van der Waals surface area contributed by atoms with Crippen molar-refractivity contribution in [3.05, 3.63) is 29.8 Å². The summed E-state index contributed by atoms with van der Waals surface area (Å²) in [6.45, 7) is 0.705. The van der Waals surface area contributed by atoms with Crippen molar-refractivity contribution in [1.82, 2.24) is 10.2 Å². The zero-order valence-electron chi connectivity index (χ0n) is 13.3. The molecule has 0 bridgehead atoms. The van der Waals surface area contributed by atoms with Gasteiger partial charge in [-0.15, -0.1) is 11.8 Å². The van der Waals surface area contributed by atoms with Crippen molar-refractivity contribution < 1.29 is 19.4 Å². The summed E-state index contributed by atoms with van der Waals surface area (Å²) in [7, 11) is 1.46. The number of aliphatic hydroxyl groups excluding tert-OH is 1. The van der Waals surface area contributed by atoms with Crippen LogP contribution in [-0.2, 0) is 9.53 Å². The topological polar surface area (TPSA) is 78.9 Å². The van der Waals surface area contributed by atoms with E-state index in [9.17, 15) is 14.7 Å². The Balaban J connectivity index is 1.96. The van der Waals surface area contributed by atoms with Gasteiger partial charge in [0.25, 0.3) is 5.91 Å². The minimum Gasteiger partial charge on any atom is -0.389 e. The molecule has 1 fully saturated rings. The lowest BCUT2D eigenvalue weighted by atomic mass is 10.0. The molecule has 1 aliphatic heterocycles. The van der Waals surface area contributed by atoms with E-state index in [1.807, 2.05) is 24.5 Å². The number of aliphatic hydroxyl groups is 1. The number of methoxy groups -OCH3 is 1. The minimum atomic E-state index is -0.782. The number of piperidine rings is 1. The molecule has 0 saturated carbocycles. The fourth-order valence-corrected chi connectivity index (χ4v) is 3.21. The lowest BCUT2D eigenvalue weighted by Gasteiger charge is -2.36. The van der Waals surface area contributed by atoms with Gasteiger partial charge < -0.3 is 20.1 Å². The molecule has 2 atom stereocenters. The molecule has 2 amide bonds. The van der Waals surface area contributed by atoms with E-state index >= 15 is 0 Å². The smallest absolute Gasteiger partial charge is 0.252 e. The predicted octanol–water partition coefficient (Wildman–Crippen LogP) is 0.747. The van der Waals surface area contributed by atoms with Crippen LogP contribution < -0.4 is 5.32 Å². The lowest BCUT2D eigenvalue weighted by molar-refractivity contribution is -0.138. The van der Waals surface area contributed by atoms with Crippen molar-refractivity contribution in [2.75, 3.05) is 33.1 Å². The maximum absolute atomic E-state index is 12.4. The summed E-state index contributed by atoms with van der Waals surface area (Å²) in [5.74, 6) is -0.347. The van der Waals surface area contributed by atoms with Gasteiger partial charge in [0.15, 0.2) is 0 Å². The van der Waals surface area contributed by atoms with Gasteiger partial charge in [-0.3, -0.25) is 9.59 Å². The summed E-state index contributed by atoms with van der Waals surface area (Å²) in [5.41, 5.74) is 0.602. The first-order valence-corrected chi connectivity index (χ1v) is 8.68. The highest BCUT2D eigenvalue weighted by Gasteiger charge is 2.31. The molecule has 0 aromatic heterocycles. The second kappa shape index (κ2) is 8.33. The van der Waals surface area contributed by atoms with Gasteiger partial charge in [0.1, 0.15) is 6.61 Å². The van der Waals surface area contributed by atoms with E-state index in [4.69, 9.17) is 4.74 Å². The summed E-state index contributed by atoms with van der Waals surface area (Å²) < 4.78 is 4.82. The molecule has 0 spiro atoms. The van der Waals surface area contributed by atoms with Crippen molar-refractivity contribution in [2.45, 2.75) is 23.5 Å². The third-order valence-corrected chi connectivity index (χ3v) is 4.67. The second-order valence-electron chi connectivity index (χ2n) is 5.41. The van der Waals surface area contributed by atoms with E-state index in [1.54, 1.807) is 11.0 Å². The molecule has 1 heterocycles. The van der Waals surface area contributed by atoms with E-state index < -0.39 is 6.10 Å². The molecule has 1 aliphatic rings. The maximum atomic E-state index is 12.4. The molecule has 2 rings (SSSR count). The number of ether oxygens (including phenoxy) is 1. The number of amides is 2. The van der Waals surface area contributed by atoms with Crippen LogP contribution in [0.3, 0.4) is 0 Å². The van der Waals surface area contributed by atoms with Crippen molar-refractivity contribution in [2.24, 2.45) is 0 Å². The van der Waals surface area contributed by atoms with Gasteiger partial charge in [0.05, 0.1) is 17.7 Å². The molecule has 126 valence electrons. The standard InChI is InChI=1S/C16H22N2O4S/c1-22-10-15(20)18-8-7-12(13(19)9-18)17-16(21)11-5-3-4-6-14(11)23-2/h3-6,12-13,19H,7-10H2,1-2H3,(H,17,21)/t12-,13-/m1/s1. The van der Waals surface area contributed by atoms with Gasteiger partial charge in [-0.25, -0.2) is 0 Å². The highest BCUT2D eigenvalue weighted by atomic mass is 32.2. The number of benzene rings is 1. The van der Waals surface area contributed by atoms with Crippen molar-refractivity contribution >= 4 is 23.6 Å². The molecule has 1 aromatic rings. The number of nitrogens with one attached hydrogen (secondary N) is 1. The van der Waals surface area contributed by atoms with E-state index in [0.29, 0.717) is 18.5 Å². The summed E-state index contributed by atoms with van der Waals surface area (Å²) in [6, 6.07) is 7.00. The molecule has 23 heavy (non-hydrogen) atoms. The van der Waals surface area contributed by atoms with E-state index in [2.05, 4.69) is 5.32 Å². The Kier molecular flexibility index (Phi) is 6.44. The van der Waals surface area contributed by atoms with Crippen molar-refractivity contribution in [3.63, 3.8) is 0 Å². The zero-order valence-corrected chi connectivity index (χ0v) is 14.1. The third kappa shape index (κ3) is 4.46. The monoisotopic (exact) mass is 338 g/mol. The number of β-amino-alcohol motifs (C(OH)–C–C–N with tert-alkyl or cyclic N) is 1. The number of carbonyl (C=O) groups is 2. The number of hydrogen-bond acceptors (Lipinski definition) is 5. The molecule has 6 nitrogen and oxygen atoms in total. The zero-order chi connectivity index (χ0) is 16.8. The van der Waals surface area contributed by atoms with E-state index in [1.165, 1.54) is 18.9 Å². The molecule has 1 saturated heterocycles. The minimum absolute atomic E-state index is 0.00481. The van der Waals surface area contributed by atoms with Crippen LogP contribution in [0.25, 0.3) is 0 Å². The fraction of sp³-hybridized carbons (Fsp3) is 0.500. The molecule has 0 radical (unpaired) electrons. The van der Waals surface area contributed by atoms with Gasteiger partial charge in [-0.1, -0.05) is 12.1 Å². The number of rotatable bonds is 5. The third-order valence-electron chi connectivity index (χ3n) is 3.87. The van der Waals surface area contributed by atoms with Crippen LogP contribution >= 0.6 is 11.8 Å². The molecular weight excluding hydrogens is 316 g/mol. The van der Waals surface area contributed by atoms with Gasteiger partial charge >= 0.3 is 0 Å². The maximum Gasteiger partial charge on any atom is 0.252 e. The van der Waals surface area contributed by atoms with Crippen molar-refractivity contribution in [1.29, 1.82) is 0 Å². The predicted molar refractivity (Wildman–Crippen MR) is 88.6 cm³/mol. The SMILES string of the molecule is COCC(=O)N1CC[C@@H](NC(=O)c2ccccc2SC)[C@H](O)C1. The Morgan fingerprint density at radius 1 is 1.43 bits per heavy atom. The summed E-state index contributed by atoms with van der Waals surface area (Å²) in [4.78, 5) is 26.7. The molecule has 2 N–H and O–H groups in total. The highest BCUT2D eigenvalue weighted by molar-refractivity contribution is 7.98. The Morgan fingerprint density at radius 3 is 2.83 bits per heavy atom. The summed E-state index contributed by atoms with van der Waals surface area (Å²) in [5, 5.41) is 13.1. The summed E-state index contributed by atoms with van der Waals surface area (Å²) >= 11 is 1.51. The first kappa shape index (κ1) is 17.8. The highest BCUT2D eigenvalue weighted by Crippen LogP contribution is 2.20. The van der Waals surface area contributed by atoms with Crippen LogP contribution in [-0.4, -0.2) is 67.0 Å². The van der Waals surface area contributed by atoms with Crippen LogP contribution in [0.4, 0.5) is 0 Å². The van der Waals surface area contributed by atoms with Crippen LogP contribution in [0.5, 0.6) is 0 Å². The van der Waals surface area contributed by atoms with Crippen LogP contribution in [0.2, 0.25) is 0 Å². The van der Waals surface area contributed by atoms with Gasteiger partial charge in [0.2, 0.25) is 5.91 Å². The Morgan fingerprint density at radius 2 is 2.17 bits per heavy atom. The van der Waals surface area contributed by atoms with Crippen molar-refractivity contribution in [3.8, 4) is 0 Å². The van der Waals surface area contributed by atoms with Gasteiger partial charge in [-0.2, -0.15) is 0 Å². The average Bonchev–Trinajstić information content (AvgIpc) is 2.56. The average molecular weight is 338 g/mol. The second-order valence-corrected chi connectivity index (χ2v) is 6.26. The van der Waals surface area contributed by atoms with Gasteiger partial charge in [0, 0.05) is 25.1 Å². The first-order valence-electron chi connectivity index (χ1n) is 7.45. The number of likely N-dealkylation sites (tertiary alicyclic amines) is 1. The molecule has 0 unspecified atom stereocenters. The Labute approximate surface area is 140 Å². The normalized spacial score (nSPS) is 21.1. The Bertz CT molecular complexity index is 567. The van der Waals surface area contributed by atoms with Gasteiger partial charge in [-0.05, 0) is 24.8 Å². The molecule has 1 aromatic carbocycles. The quantitative estimate of drug-likeness (QED) is 0.775. The van der Waals surface area contributed by atoms with Crippen LogP contribution in [0.1, 0.15) is 16.8 Å². The first-order chi connectivity index (χ1) is 11.1. The fourth-order valence-electron chi connectivity index (χ4n) is 2.62. The molecular formula is C16H22N2O4S. The molecule has 0 aliphatic carbocycles. The molecule has 7 heteroatoms. The van der Waals surface area contributed by atoms with E-state index in [0.717, 1.165) is 4.90 Å². The number of nitrogens with zero attached hydrogens (tertiary/aromatic N) is 1. The number of thioether (sulfide) groups is 1. The van der Waals surface area contributed by atoms with E-state index in [-0.39, 0.29) is 31.0 Å². The lowest BCUT2D eigenvalue weighted by Crippen LogP contribution is -2.55. The largest absolute Gasteiger partial charge is 0.389 e. The number of hydrogen-bond donors (Lipinski definition) is 2. The van der Waals surface area contributed by atoms with Crippen LogP contribution in [0, 0.1) is 0 Å². The number of carbonyl (C=O) groups excluding carboxylic acids is 2. The summed E-state index contributed by atoms with van der Waals surface area (Å²) in [6.07, 6.45) is 1.65. The van der Waals surface area contributed by atoms with Crippen LogP contribution in [0.15, 0.2) is 29.2 Å².